The summed E-state index contributed by atoms with van der Waals surface area (Å²) >= 11 is 0. The second kappa shape index (κ2) is 5.26. The maximum Gasteiger partial charge on any atom is 0.0601 e. The first-order valence-corrected chi connectivity index (χ1v) is 5.10. The number of likely N-dealkylation sites (tertiary alicyclic amines) is 1. The molecule has 0 amide bonds. The van der Waals surface area contributed by atoms with Crippen molar-refractivity contribution in [3.8, 4) is 11.8 Å². The molecule has 1 fully saturated rings. The minimum Gasteiger partial charge on any atom is -0.330 e. The molecule has 2 unspecified atom stereocenters. The number of piperidine rings is 1. The van der Waals surface area contributed by atoms with Gasteiger partial charge in [-0.3, -0.25) is 4.90 Å². The fourth-order valence-electron chi connectivity index (χ4n) is 1.87. The Balaban J connectivity index is 2.38. The Labute approximate surface area is 81.5 Å². The standard InChI is InChI=1S/C11H20N2/c1-3-4-6-13-7-5-10(2)11(8-12)9-13/h10-11H,5-9,12H2,1-2H3. The molecule has 0 aromatic heterocycles. The lowest BCUT2D eigenvalue weighted by Crippen LogP contribution is -2.42. The zero-order valence-corrected chi connectivity index (χ0v) is 8.71. The van der Waals surface area contributed by atoms with Gasteiger partial charge in [-0.2, -0.15) is 0 Å². The van der Waals surface area contributed by atoms with E-state index < -0.39 is 0 Å². The number of nitrogens with two attached hydrogens (primary N) is 1. The first-order chi connectivity index (χ1) is 6.27. The van der Waals surface area contributed by atoms with Gasteiger partial charge in [0.15, 0.2) is 0 Å². The first kappa shape index (κ1) is 10.6. The smallest absolute Gasteiger partial charge is 0.0601 e. The molecule has 0 aliphatic carbocycles. The molecule has 2 heteroatoms. The Morgan fingerprint density at radius 3 is 2.92 bits per heavy atom. The van der Waals surface area contributed by atoms with Gasteiger partial charge in [-0.25, -0.2) is 0 Å². The molecule has 74 valence electrons. The average Bonchev–Trinajstić information content (AvgIpc) is 2.16. The third kappa shape index (κ3) is 3.02. The summed E-state index contributed by atoms with van der Waals surface area (Å²) in [6.45, 7) is 8.25. The second-order valence-electron chi connectivity index (χ2n) is 3.92. The molecule has 0 saturated carbocycles. The van der Waals surface area contributed by atoms with Crippen LogP contribution in [-0.2, 0) is 0 Å². The van der Waals surface area contributed by atoms with E-state index in [1.807, 2.05) is 6.92 Å². The third-order valence-electron chi connectivity index (χ3n) is 2.98. The largest absolute Gasteiger partial charge is 0.330 e. The van der Waals surface area contributed by atoms with Gasteiger partial charge in [-0.1, -0.05) is 12.8 Å². The van der Waals surface area contributed by atoms with Crippen molar-refractivity contribution in [2.75, 3.05) is 26.2 Å². The maximum absolute atomic E-state index is 5.72. The minimum absolute atomic E-state index is 0.674. The highest BCUT2D eigenvalue weighted by atomic mass is 15.1. The van der Waals surface area contributed by atoms with E-state index in [1.165, 1.54) is 13.0 Å². The van der Waals surface area contributed by atoms with Crippen LogP contribution in [0, 0.1) is 23.7 Å². The van der Waals surface area contributed by atoms with Crippen LogP contribution in [0.15, 0.2) is 0 Å². The number of rotatable bonds is 2. The summed E-state index contributed by atoms with van der Waals surface area (Å²) in [5, 5.41) is 0. The van der Waals surface area contributed by atoms with Crippen LogP contribution in [0.3, 0.4) is 0 Å². The van der Waals surface area contributed by atoms with Crippen molar-refractivity contribution in [3.63, 3.8) is 0 Å². The van der Waals surface area contributed by atoms with Crippen LogP contribution in [0.25, 0.3) is 0 Å². The van der Waals surface area contributed by atoms with Gasteiger partial charge >= 0.3 is 0 Å². The zero-order chi connectivity index (χ0) is 9.68. The van der Waals surface area contributed by atoms with E-state index in [0.717, 1.165) is 25.6 Å². The third-order valence-corrected chi connectivity index (χ3v) is 2.98. The average molecular weight is 180 g/mol. The Hall–Kier alpha value is -0.520. The van der Waals surface area contributed by atoms with E-state index in [-0.39, 0.29) is 0 Å². The molecule has 2 nitrogen and oxygen atoms in total. The summed E-state index contributed by atoms with van der Waals surface area (Å²) in [6, 6.07) is 0. The molecule has 2 atom stereocenters. The number of hydrogen-bond donors (Lipinski definition) is 1. The molecule has 13 heavy (non-hydrogen) atoms. The van der Waals surface area contributed by atoms with Crippen molar-refractivity contribution >= 4 is 0 Å². The molecule has 0 radical (unpaired) electrons. The monoisotopic (exact) mass is 180 g/mol. The van der Waals surface area contributed by atoms with Crippen molar-refractivity contribution in [2.24, 2.45) is 17.6 Å². The van der Waals surface area contributed by atoms with Crippen LogP contribution in [0.1, 0.15) is 20.3 Å². The molecule has 0 spiro atoms. The quantitative estimate of drug-likeness (QED) is 0.640. The summed E-state index contributed by atoms with van der Waals surface area (Å²) in [5.41, 5.74) is 5.72. The molecule has 1 rings (SSSR count). The van der Waals surface area contributed by atoms with Gasteiger partial charge in [-0.15, -0.1) is 5.92 Å². The van der Waals surface area contributed by atoms with Crippen LogP contribution < -0.4 is 5.73 Å². The molecule has 1 saturated heterocycles. The SMILES string of the molecule is CC#CCN1CCC(C)C(CN)C1. The van der Waals surface area contributed by atoms with Gasteiger partial charge in [0.1, 0.15) is 0 Å². The van der Waals surface area contributed by atoms with Gasteiger partial charge in [0.25, 0.3) is 0 Å². The Bertz CT molecular complexity index is 202. The molecule has 1 aliphatic heterocycles. The predicted octanol–water partition coefficient (Wildman–Crippen LogP) is 0.926. The number of hydrogen-bond acceptors (Lipinski definition) is 2. The molecular weight excluding hydrogens is 160 g/mol. The summed E-state index contributed by atoms with van der Waals surface area (Å²) in [5.74, 6) is 7.51. The molecule has 0 bridgehead atoms. The fraction of sp³-hybridized carbons (Fsp3) is 0.818. The Morgan fingerprint density at radius 1 is 1.54 bits per heavy atom. The first-order valence-electron chi connectivity index (χ1n) is 5.10. The van der Waals surface area contributed by atoms with Gasteiger partial charge in [-0.05, 0) is 38.3 Å². The van der Waals surface area contributed by atoms with E-state index in [9.17, 15) is 0 Å². The van der Waals surface area contributed by atoms with E-state index in [0.29, 0.717) is 5.92 Å². The topological polar surface area (TPSA) is 29.3 Å². The highest BCUT2D eigenvalue weighted by Gasteiger charge is 2.24. The van der Waals surface area contributed by atoms with Crippen LogP contribution in [-0.4, -0.2) is 31.1 Å². The van der Waals surface area contributed by atoms with E-state index in [2.05, 4.69) is 23.7 Å². The summed E-state index contributed by atoms with van der Waals surface area (Å²) in [6.07, 6.45) is 1.27. The lowest BCUT2D eigenvalue weighted by Gasteiger charge is -2.35. The summed E-state index contributed by atoms with van der Waals surface area (Å²) in [4.78, 5) is 2.41. The lowest BCUT2D eigenvalue weighted by atomic mass is 9.87. The van der Waals surface area contributed by atoms with Gasteiger partial charge in [0.05, 0.1) is 6.54 Å². The second-order valence-corrected chi connectivity index (χ2v) is 3.92. The lowest BCUT2D eigenvalue weighted by molar-refractivity contribution is 0.146. The fourth-order valence-corrected chi connectivity index (χ4v) is 1.87. The molecular formula is C11H20N2. The normalized spacial score (nSPS) is 29.5. The van der Waals surface area contributed by atoms with Crippen molar-refractivity contribution in [2.45, 2.75) is 20.3 Å². The van der Waals surface area contributed by atoms with E-state index >= 15 is 0 Å². The summed E-state index contributed by atoms with van der Waals surface area (Å²) in [7, 11) is 0. The minimum atomic E-state index is 0.674. The van der Waals surface area contributed by atoms with Gasteiger partial charge in [0, 0.05) is 6.54 Å². The molecule has 2 N–H and O–H groups in total. The molecule has 0 aromatic rings. The van der Waals surface area contributed by atoms with Crippen LogP contribution in [0.5, 0.6) is 0 Å². The summed E-state index contributed by atoms with van der Waals surface area (Å²) < 4.78 is 0. The van der Waals surface area contributed by atoms with Crippen molar-refractivity contribution < 1.29 is 0 Å². The van der Waals surface area contributed by atoms with E-state index in [1.54, 1.807) is 0 Å². The highest BCUT2D eigenvalue weighted by Crippen LogP contribution is 2.21. The van der Waals surface area contributed by atoms with Crippen molar-refractivity contribution in [1.82, 2.24) is 4.90 Å². The Kier molecular flexibility index (Phi) is 4.27. The molecule has 0 aromatic carbocycles. The maximum atomic E-state index is 5.72. The number of nitrogens with zero attached hydrogens (tertiary/aromatic N) is 1. The van der Waals surface area contributed by atoms with Gasteiger partial charge < -0.3 is 5.73 Å². The van der Waals surface area contributed by atoms with Crippen molar-refractivity contribution in [3.05, 3.63) is 0 Å². The zero-order valence-electron chi connectivity index (χ0n) is 8.71. The predicted molar refractivity (Wildman–Crippen MR) is 56.2 cm³/mol. The highest BCUT2D eigenvalue weighted by molar-refractivity contribution is 4.98. The van der Waals surface area contributed by atoms with Crippen LogP contribution in [0.4, 0.5) is 0 Å². The van der Waals surface area contributed by atoms with Crippen LogP contribution >= 0.6 is 0 Å². The molecule has 1 heterocycles. The van der Waals surface area contributed by atoms with E-state index in [4.69, 9.17) is 5.73 Å². The molecule has 1 aliphatic rings. The Morgan fingerprint density at radius 2 is 2.31 bits per heavy atom. The van der Waals surface area contributed by atoms with Gasteiger partial charge in [0.2, 0.25) is 0 Å². The van der Waals surface area contributed by atoms with Crippen LogP contribution in [0.2, 0.25) is 0 Å². The van der Waals surface area contributed by atoms with Crippen molar-refractivity contribution in [1.29, 1.82) is 0 Å².